The van der Waals surface area contributed by atoms with Gasteiger partial charge in [0.15, 0.2) is 5.82 Å². The van der Waals surface area contributed by atoms with Gasteiger partial charge in [-0.1, -0.05) is 0 Å². The Morgan fingerprint density at radius 1 is 1.16 bits per heavy atom. The van der Waals surface area contributed by atoms with E-state index in [1.165, 1.54) is 0 Å². The predicted molar refractivity (Wildman–Crippen MR) is 68.7 cm³/mol. The Labute approximate surface area is 110 Å². The molecule has 3 rings (SSSR count). The maximum Gasteiger partial charge on any atom is 0.252 e. The van der Waals surface area contributed by atoms with Crippen LogP contribution in [0.25, 0.3) is 5.78 Å². The second-order valence-electron chi connectivity index (χ2n) is 4.58. The minimum absolute atomic E-state index is 0.658. The molecule has 0 fully saturated rings. The lowest BCUT2D eigenvalue weighted by atomic mass is 10.3. The zero-order valence-corrected chi connectivity index (χ0v) is 11.2. The summed E-state index contributed by atoms with van der Waals surface area (Å²) in [5.41, 5.74) is 2.00. The van der Waals surface area contributed by atoms with Crippen molar-refractivity contribution in [1.82, 2.24) is 34.3 Å². The van der Waals surface area contributed by atoms with Gasteiger partial charge in [0, 0.05) is 31.3 Å². The number of hydrogen-bond acceptors (Lipinski definition) is 5. The fourth-order valence-electron chi connectivity index (χ4n) is 2.08. The smallest absolute Gasteiger partial charge is 0.252 e. The molecule has 0 unspecified atom stereocenters. The van der Waals surface area contributed by atoms with Gasteiger partial charge in [0.2, 0.25) is 0 Å². The van der Waals surface area contributed by atoms with Crippen molar-refractivity contribution in [1.29, 1.82) is 0 Å². The van der Waals surface area contributed by atoms with E-state index in [1.807, 2.05) is 27.0 Å². The summed E-state index contributed by atoms with van der Waals surface area (Å²) in [6.45, 7) is 3.96. The summed E-state index contributed by atoms with van der Waals surface area (Å²) in [6, 6.07) is 1.99. The summed E-state index contributed by atoms with van der Waals surface area (Å²) in [5, 5.41) is 8.51. The van der Waals surface area contributed by atoms with Crippen molar-refractivity contribution in [2.75, 3.05) is 0 Å². The van der Waals surface area contributed by atoms with Gasteiger partial charge >= 0.3 is 0 Å². The molecule has 0 spiro atoms. The molecule has 3 aromatic rings. The van der Waals surface area contributed by atoms with Crippen molar-refractivity contribution in [3.8, 4) is 0 Å². The summed E-state index contributed by atoms with van der Waals surface area (Å²) in [4.78, 5) is 13.0. The zero-order chi connectivity index (χ0) is 13.4. The molecule has 0 saturated heterocycles. The molecule has 3 aromatic heterocycles. The molecule has 3 heterocycles. The molecule has 0 bridgehead atoms. The maximum absolute atomic E-state index is 4.47. The van der Waals surface area contributed by atoms with Gasteiger partial charge in [-0.3, -0.25) is 4.68 Å². The summed E-state index contributed by atoms with van der Waals surface area (Å²) < 4.78 is 3.54. The van der Waals surface area contributed by atoms with Gasteiger partial charge in [0.05, 0.1) is 0 Å². The highest BCUT2D eigenvalue weighted by Crippen LogP contribution is 2.07. The number of aryl methyl sites for hydroxylation is 5. The molecule has 0 aliphatic heterocycles. The van der Waals surface area contributed by atoms with Crippen LogP contribution in [0.3, 0.4) is 0 Å². The van der Waals surface area contributed by atoms with Crippen molar-refractivity contribution < 1.29 is 0 Å². The number of aromatic nitrogens is 7. The van der Waals surface area contributed by atoms with Crippen LogP contribution in [0.2, 0.25) is 0 Å². The molecule has 0 N–H and O–H groups in total. The van der Waals surface area contributed by atoms with Crippen molar-refractivity contribution >= 4 is 5.78 Å². The summed E-state index contributed by atoms with van der Waals surface area (Å²) in [7, 11) is 1.88. The number of nitrogens with zero attached hydrogens (tertiary/aromatic N) is 7. The standard InChI is InChI=1S/C12H15N7/c1-8-6-9(2)19-12(15-8)16-10(17-19)4-5-11-13-7-14-18(11)3/h6-7H,4-5H2,1-3H3. The third kappa shape index (κ3) is 2.18. The molecule has 7 heteroatoms. The van der Waals surface area contributed by atoms with E-state index in [9.17, 15) is 0 Å². The van der Waals surface area contributed by atoms with Gasteiger partial charge in [-0.05, 0) is 19.9 Å². The molecule has 19 heavy (non-hydrogen) atoms. The molecule has 7 nitrogen and oxygen atoms in total. The van der Waals surface area contributed by atoms with Crippen LogP contribution in [0.5, 0.6) is 0 Å². The molecule has 0 atom stereocenters. The van der Waals surface area contributed by atoms with Crippen LogP contribution < -0.4 is 0 Å². The van der Waals surface area contributed by atoms with Gasteiger partial charge in [-0.25, -0.2) is 14.5 Å². The van der Waals surface area contributed by atoms with Gasteiger partial charge in [-0.2, -0.15) is 10.1 Å². The number of fused-ring (bicyclic) bond motifs is 1. The van der Waals surface area contributed by atoms with Crippen LogP contribution in [0.1, 0.15) is 23.0 Å². The van der Waals surface area contributed by atoms with Crippen LogP contribution in [0, 0.1) is 13.8 Å². The Bertz CT molecular complexity index is 725. The quantitative estimate of drug-likeness (QED) is 0.689. The molecule has 0 aromatic carbocycles. The minimum atomic E-state index is 0.658. The van der Waals surface area contributed by atoms with E-state index in [1.54, 1.807) is 15.5 Å². The molecule has 0 saturated carbocycles. The average Bonchev–Trinajstić information content (AvgIpc) is 2.92. The second-order valence-corrected chi connectivity index (χ2v) is 4.58. The van der Waals surface area contributed by atoms with Gasteiger partial charge < -0.3 is 0 Å². The fraction of sp³-hybridized carbons (Fsp3) is 0.417. The van der Waals surface area contributed by atoms with E-state index in [-0.39, 0.29) is 0 Å². The second kappa shape index (κ2) is 4.42. The van der Waals surface area contributed by atoms with Crippen LogP contribution in [-0.2, 0) is 19.9 Å². The molecule has 0 aliphatic rings. The zero-order valence-electron chi connectivity index (χ0n) is 11.2. The van der Waals surface area contributed by atoms with E-state index < -0.39 is 0 Å². The minimum Gasteiger partial charge on any atom is -0.253 e. The Kier molecular flexibility index (Phi) is 2.73. The molecular weight excluding hydrogens is 242 g/mol. The fourth-order valence-corrected chi connectivity index (χ4v) is 2.08. The average molecular weight is 257 g/mol. The van der Waals surface area contributed by atoms with Crippen molar-refractivity contribution in [2.24, 2.45) is 7.05 Å². The van der Waals surface area contributed by atoms with E-state index >= 15 is 0 Å². The normalized spacial score (nSPS) is 11.3. The SMILES string of the molecule is Cc1cc(C)n2nc(CCc3ncnn3C)nc2n1. The highest BCUT2D eigenvalue weighted by atomic mass is 15.3. The van der Waals surface area contributed by atoms with Crippen LogP contribution in [0.15, 0.2) is 12.4 Å². The Morgan fingerprint density at radius 3 is 2.74 bits per heavy atom. The third-order valence-electron chi connectivity index (χ3n) is 3.04. The predicted octanol–water partition coefficient (Wildman–Crippen LogP) is 0.655. The Morgan fingerprint density at radius 2 is 2.00 bits per heavy atom. The molecular formula is C12H15N7. The van der Waals surface area contributed by atoms with Gasteiger partial charge in [0.1, 0.15) is 12.2 Å². The molecule has 0 aliphatic carbocycles. The van der Waals surface area contributed by atoms with Crippen molar-refractivity contribution in [2.45, 2.75) is 26.7 Å². The first-order chi connectivity index (χ1) is 9.13. The molecule has 98 valence electrons. The van der Waals surface area contributed by atoms with Gasteiger partial charge in [-0.15, -0.1) is 5.10 Å². The molecule has 0 amide bonds. The highest BCUT2D eigenvalue weighted by molar-refractivity contribution is 5.30. The molecule has 0 radical (unpaired) electrons. The van der Waals surface area contributed by atoms with Crippen LogP contribution >= 0.6 is 0 Å². The van der Waals surface area contributed by atoms with E-state index in [4.69, 9.17) is 0 Å². The van der Waals surface area contributed by atoms with E-state index in [2.05, 4.69) is 25.1 Å². The topological polar surface area (TPSA) is 73.8 Å². The van der Waals surface area contributed by atoms with Gasteiger partial charge in [0.25, 0.3) is 5.78 Å². The van der Waals surface area contributed by atoms with Crippen LogP contribution in [-0.4, -0.2) is 34.3 Å². The third-order valence-corrected chi connectivity index (χ3v) is 3.04. The number of hydrogen-bond donors (Lipinski definition) is 0. The first-order valence-corrected chi connectivity index (χ1v) is 6.16. The monoisotopic (exact) mass is 257 g/mol. The maximum atomic E-state index is 4.47. The Balaban J connectivity index is 1.86. The highest BCUT2D eigenvalue weighted by Gasteiger charge is 2.09. The Hall–Kier alpha value is -2.31. The lowest BCUT2D eigenvalue weighted by Gasteiger charge is -1.97. The summed E-state index contributed by atoms with van der Waals surface area (Å²) in [5.74, 6) is 2.37. The van der Waals surface area contributed by atoms with Crippen LogP contribution in [0.4, 0.5) is 0 Å². The lowest BCUT2D eigenvalue weighted by molar-refractivity contribution is 0.682. The summed E-state index contributed by atoms with van der Waals surface area (Å²) >= 11 is 0. The first kappa shape index (κ1) is 11.8. The van der Waals surface area contributed by atoms with Crippen molar-refractivity contribution in [3.63, 3.8) is 0 Å². The lowest BCUT2D eigenvalue weighted by Crippen LogP contribution is -2.03. The first-order valence-electron chi connectivity index (χ1n) is 6.16. The van der Waals surface area contributed by atoms with E-state index in [0.29, 0.717) is 5.78 Å². The van der Waals surface area contributed by atoms with Crippen molar-refractivity contribution in [3.05, 3.63) is 35.4 Å². The number of rotatable bonds is 3. The van der Waals surface area contributed by atoms with E-state index in [0.717, 1.165) is 35.9 Å². The largest absolute Gasteiger partial charge is 0.253 e. The summed E-state index contributed by atoms with van der Waals surface area (Å²) in [6.07, 6.45) is 3.06.